The SMILES string of the molecule is CCC(C)CCCCCCCCCCCCCCCCC(=O)OC[C@@H](COC(=O)CCCCCCCCC(C)C)OC(=O)CCCCCCCCCCC(C)CC. The van der Waals surface area contributed by atoms with Crippen molar-refractivity contribution in [2.45, 2.75) is 279 Å². The Morgan fingerprint density at radius 3 is 0.912 bits per heavy atom. The van der Waals surface area contributed by atoms with Crippen LogP contribution in [0.5, 0.6) is 0 Å². The Morgan fingerprint density at radius 2 is 0.614 bits per heavy atom. The summed E-state index contributed by atoms with van der Waals surface area (Å²) in [6, 6.07) is 0. The van der Waals surface area contributed by atoms with Gasteiger partial charge in [-0.15, -0.1) is 0 Å². The maximum absolute atomic E-state index is 12.7. The highest BCUT2D eigenvalue weighted by Gasteiger charge is 2.19. The van der Waals surface area contributed by atoms with Crippen LogP contribution in [0.3, 0.4) is 0 Å². The molecular weight excluding hydrogens is 709 g/mol. The zero-order valence-corrected chi connectivity index (χ0v) is 39.1. The first-order valence-corrected chi connectivity index (χ1v) is 25.2. The predicted molar refractivity (Wildman–Crippen MR) is 243 cm³/mol. The molecule has 0 N–H and O–H groups in total. The van der Waals surface area contributed by atoms with E-state index in [1.165, 1.54) is 154 Å². The van der Waals surface area contributed by atoms with Crippen molar-refractivity contribution in [2.24, 2.45) is 17.8 Å². The minimum Gasteiger partial charge on any atom is -0.462 e. The van der Waals surface area contributed by atoms with E-state index >= 15 is 0 Å². The van der Waals surface area contributed by atoms with E-state index < -0.39 is 6.10 Å². The van der Waals surface area contributed by atoms with Crippen LogP contribution in [0.2, 0.25) is 0 Å². The fraction of sp³-hybridized carbons (Fsp3) is 0.941. The van der Waals surface area contributed by atoms with Crippen LogP contribution in [0.25, 0.3) is 0 Å². The third kappa shape index (κ3) is 42.3. The Hall–Kier alpha value is -1.59. The summed E-state index contributed by atoms with van der Waals surface area (Å²) in [6.07, 6.45) is 40.9. The van der Waals surface area contributed by atoms with Gasteiger partial charge in [0.1, 0.15) is 13.2 Å². The van der Waals surface area contributed by atoms with E-state index in [-0.39, 0.29) is 31.1 Å². The topological polar surface area (TPSA) is 78.9 Å². The highest BCUT2D eigenvalue weighted by Crippen LogP contribution is 2.18. The van der Waals surface area contributed by atoms with Crippen molar-refractivity contribution < 1.29 is 28.6 Å². The fourth-order valence-electron chi connectivity index (χ4n) is 7.52. The second-order valence-electron chi connectivity index (χ2n) is 18.4. The van der Waals surface area contributed by atoms with Gasteiger partial charge in [-0.05, 0) is 37.0 Å². The Labute approximate surface area is 355 Å². The highest BCUT2D eigenvalue weighted by atomic mass is 16.6. The van der Waals surface area contributed by atoms with Gasteiger partial charge in [0.2, 0.25) is 0 Å². The largest absolute Gasteiger partial charge is 0.462 e. The lowest BCUT2D eigenvalue weighted by atomic mass is 9.99. The maximum Gasteiger partial charge on any atom is 0.306 e. The molecule has 0 aromatic carbocycles. The van der Waals surface area contributed by atoms with E-state index in [9.17, 15) is 14.4 Å². The monoisotopic (exact) mass is 807 g/mol. The molecule has 2 unspecified atom stereocenters. The third-order valence-electron chi connectivity index (χ3n) is 12.1. The molecule has 0 bridgehead atoms. The summed E-state index contributed by atoms with van der Waals surface area (Å²) in [5, 5.41) is 0. The van der Waals surface area contributed by atoms with Crippen molar-refractivity contribution in [3.63, 3.8) is 0 Å². The molecule has 0 aromatic heterocycles. The van der Waals surface area contributed by atoms with Crippen molar-refractivity contribution in [3.8, 4) is 0 Å². The summed E-state index contributed by atoms with van der Waals surface area (Å²) in [4.78, 5) is 37.8. The van der Waals surface area contributed by atoms with Crippen molar-refractivity contribution in [1.29, 1.82) is 0 Å². The van der Waals surface area contributed by atoms with Crippen LogP contribution in [0.1, 0.15) is 273 Å². The molecule has 0 fully saturated rings. The first kappa shape index (κ1) is 55.4. The molecule has 0 aromatic rings. The summed E-state index contributed by atoms with van der Waals surface area (Å²) >= 11 is 0. The van der Waals surface area contributed by atoms with E-state index in [2.05, 4.69) is 41.5 Å². The van der Waals surface area contributed by atoms with E-state index in [1.807, 2.05) is 0 Å². The summed E-state index contributed by atoms with van der Waals surface area (Å²) in [6.45, 7) is 13.7. The van der Waals surface area contributed by atoms with Crippen molar-refractivity contribution in [2.75, 3.05) is 13.2 Å². The Balaban J connectivity index is 4.26. The zero-order chi connectivity index (χ0) is 42.0. The van der Waals surface area contributed by atoms with Gasteiger partial charge < -0.3 is 14.2 Å². The smallest absolute Gasteiger partial charge is 0.306 e. The lowest BCUT2D eigenvalue weighted by Crippen LogP contribution is -2.30. The molecule has 0 saturated heterocycles. The zero-order valence-electron chi connectivity index (χ0n) is 39.1. The normalized spacial score (nSPS) is 13.1. The van der Waals surface area contributed by atoms with Crippen molar-refractivity contribution >= 4 is 17.9 Å². The van der Waals surface area contributed by atoms with Crippen LogP contribution in [0.4, 0.5) is 0 Å². The number of rotatable bonds is 44. The molecule has 6 nitrogen and oxygen atoms in total. The van der Waals surface area contributed by atoms with Gasteiger partial charge in [-0.3, -0.25) is 14.4 Å². The Bertz CT molecular complexity index is 887. The first-order valence-electron chi connectivity index (χ1n) is 25.2. The number of hydrogen-bond donors (Lipinski definition) is 0. The standard InChI is InChI=1S/C51H98O6/c1-7-46(5)38-32-26-19-15-13-11-9-10-12-14-16-21-28-34-40-49(52)55-43-48(44-56-50(53)41-35-29-24-23-25-31-37-45(3)4)57-51(54)42-36-30-22-18-17-20-27-33-39-47(6)8-2/h45-48H,7-44H2,1-6H3/t46?,47?,48-/m0/s1. The third-order valence-corrected chi connectivity index (χ3v) is 12.1. The quantitative estimate of drug-likeness (QED) is 0.0347. The average Bonchev–Trinajstić information content (AvgIpc) is 3.19. The molecule has 0 rings (SSSR count). The Morgan fingerprint density at radius 1 is 0.351 bits per heavy atom. The molecule has 0 amide bonds. The second kappa shape index (κ2) is 42.5. The fourth-order valence-corrected chi connectivity index (χ4v) is 7.52. The van der Waals surface area contributed by atoms with Crippen LogP contribution in [-0.2, 0) is 28.6 Å². The molecule has 0 aliphatic heterocycles. The minimum absolute atomic E-state index is 0.0660. The molecule has 0 heterocycles. The van der Waals surface area contributed by atoms with Crippen LogP contribution >= 0.6 is 0 Å². The van der Waals surface area contributed by atoms with Gasteiger partial charge in [-0.25, -0.2) is 0 Å². The minimum atomic E-state index is -0.763. The van der Waals surface area contributed by atoms with Gasteiger partial charge in [0.05, 0.1) is 0 Å². The summed E-state index contributed by atoms with van der Waals surface area (Å²) < 4.78 is 16.8. The highest BCUT2D eigenvalue weighted by molar-refractivity contribution is 5.71. The van der Waals surface area contributed by atoms with Crippen LogP contribution in [0, 0.1) is 17.8 Å². The van der Waals surface area contributed by atoms with Crippen LogP contribution in [0.15, 0.2) is 0 Å². The summed E-state index contributed by atoms with van der Waals surface area (Å²) in [5.74, 6) is 1.64. The van der Waals surface area contributed by atoms with Crippen molar-refractivity contribution in [3.05, 3.63) is 0 Å². The van der Waals surface area contributed by atoms with Crippen LogP contribution < -0.4 is 0 Å². The van der Waals surface area contributed by atoms with Gasteiger partial charge in [-0.1, -0.05) is 234 Å². The summed E-state index contributed by atoms with van der Waals surface area (Å²) in [7, 11) is 0. The molecule has 57 heavy (non-hydrogen) atoms. The lowest BCUT2D eigenvalue weighted by Gasteiger charge is -2.18. The molecule has 0 spiro atoms. The first-order chi connectivity index (χ1) is 27.7. The number of carbonyl (C=O) groups is 3. The predicted octanol–water partition coefficient (Wildman–Crippen LogP) is 16.0. The van der Waals surface area contributed by atoms with Gasteiger partial charge >= 0.3 is 17.9 Å². The van der Waals surface area contributed by atoms with Gasteiger partial charge in [0.15, 0.2) is 6.10 Å². The van der Waals surface area contributed by atoms with Gasteiger partial charge in [-0.2, -0.15) is 0 Å². The molecular formula is C51H98O6. The average molecular weight is 807 g/mol. The number of unbranched alkanes of at least 4 members (excludes halogenated alkanes) is 25. The molecule has 0 saturated carbocycles. The molecule has 0 aliphatic rings. The number of carbonyl (C=O) groups excluding carboxylic acids is 3. The molecule has 6 heteroatoms. The van der Waals surface area contributed by atoms with Crippen molar-refractivity contribution in [1.82, 2.24) is 0 Å². The van der Waals surface area contributed by atoms with Gasteiger partial charge in [0.25, 0.3) is 0 Å². The molecule has 0 radical (unpaired) electrons. The van der Waals surface area contributed by atoms with Crippen LogP contribution in [-0.4, -0.2) is 37.2 Å². The van der Waals surface area contributed by atoms with E-state index in [4.69, 9.17) is 14.2 Å². The second-order valence-corrected chi connectivity index (χ2v) is 18.4. The molecule has 338 valence electrons. The van der Waals surface area contributed by atoms with E-state index in [0.717, 1.165) is 75.5 Å². The molecule has 3 atom stereocenters. The van der Waals surface area contributed by atoms with Gasteiger partial charge in [0, 0.05) is 19.3 Å². The number of ether oxygens (including phenoxy) is 3. The number of esters is 3. The van der Waals surface area contributed by atoms with E-state index in [0.29, 0.717) is 19.3 Å². The van der Waals surface area contributed by atoms with E-state index in [1.54, 1.807) is 0 Å². The Kier molecular flexibility index (Phi) is 41.3. The maximum atomic E-state index is 12.7. The number of hydrogen-bond acceptors (Lipinski definition) is 6. The molecule has 0 aliphatic carbocycles. The lowest BCUT2D eigenvalue weighted by molar-refractivity contribution is -0.167. The summed E-state index contributed by atoms with van der Waals surface area (Å²) in [5.41, 5.74) is 0.